The first-order valence-corrected chi connectivity index (χ1v) is 6.32. The summed E-state index contributed by atoms with van der Waals surface area (Å²) in [5.41, 5.74) is 1.36. The van der Waals surface area contributed by atoms with E-state index in [-0.39, 0.29) is 12.6 Å². The number of hydrogen-bond donors (Lipinski definition) is 3. The molecule has 1 rings (SSSR count). The van der Waals surface area contributed by atoms with Gasteiger partial charge in [0.05, 0.1) is 12.1 Å². The monoisotopic (exact) mass is 250 g/mol. The minimum Gasteiger partial charge on any atom is -0.394 e. The van der Waals surface area contributed by atoms with E-state index in [9.17, 15) is 9.90 Å². The van der Waals surface area contributed by atoms with Gasteiger partial charge in [-0.2, -0.15) is 0 Å². The van der Waals surface area contributed by atoms with Gasteiger partial charge in [-0.1, -0.05) is 26.0 Å². The first-order chi connectivity index (χ1) is 8.53. The van der Waals surface area contributed by atoms with Crippen molar-refractivity contribution < 1.29 is 9.90 Å². The van der Waals surface area contributed by atoms with E-state index in [1.165, 1.54) is 5.56 Å². The van der Waals surface area contributed by atoms with Gasteiger partial charge in [-0.3, -0.25) is 0 Å². The molecule has 0 aliphatic heterocycles. The SMILES string of the molecule is CCc1cccc(NC(=O)NC(C)(CC)CO)c1. The zero-order valence-electron chi connectivity index (χ0n) is 11.3. The van der Waals surface area contributed by atoms with Crippen LogP contribution in [0.4, 0.5) is 10.5 Å². The molecule has 18 heavy (non-hydrogen) atoms. The number of hydrogen-bond acceptors (Lipinski definition) is 2. The van der Waals surface area contributed by atoms with Crippen LogP contribution in [-0.4, -0.2) is 23.3 Å². The Balaban J connectivity index is 2.64. The van der Waals surface area contributed by atoms with Crippen molar-refractivity contribution in [1.82, 2.24) is 5.32 Å². The third-order valence-corrected chi connectivity index (χ3v) is 3.14. The number of aliphatic hydroxyl groups is 1. The number of urea groups is 1. The van der Waals surface area contributed by atoms with Gasteiger partial charge in [-0.05, 0) is 37.5 Å². The highest BCUT2D eigenvalue weighted by Crippen LogP contribution is 2.12. The first-order valence-electron chi connectivity index (χ1n) is 6.32. The Hall–Kier alpha value is -1.55. The fourth-order valence-electron chi connectivity index (χ4n) is 1.55. The minimum atomic E-state index is -0.577. The average Bonchev–Trinajstić information content (AvgIpc) is 2.38. The summed E-state index contributed by atoms with van der Waals surface area (Å²) in [6.07, 6.45) is 1.60. The van der Waals surface area contributed by atoms with Crippen LogP contribution in [0.15, 0.2) is 24.3 Å². The largest absolute Gasteiger partial charge is 0.394 e. The lowest BCUT2D eigenvalue weighted by atomic mass is 10.0. The molecule has 0 aliphatic carbocycles. The number of aliphatic hydroxyl groups excluding tert-OH is 1. The number of aryl methyl sites for hydroxylation is 1. The van der Waals surface area contributed by atoms with Crippen molar-refractivity contribution in [3.05, 3.63) is 29.8 Å². The second-order valence-electron chi connectivity index (χ2n) is 4.71. The van der Waals surface area contributed by atoms with Gasteiger partial charge in [0.15, 0.2) is 0 Å². The van der Waals surface area contributed by atoms with E-state index in [1.807, 2.05) is 38.1 Å². The molecule has 0 fully saturated rings. The smallest absolute Gasteiger partial charge is 0.319 e. The maximum absolute atomic E-state index is 11.8. The van der Waals surface area contributed by atoms with Crippen LogP contribution >= 0.6 is 0 Å². The molecule has 4 heteroatoms. The second-order valence-corrected chi connectivity index (χ2v) is 4.71. The van der Waals surface area contributed by atoms with Crippen LogP contribution in [0, 0.1) is 0 Å². The predicted molar refractivity (Wildman–Crippen MR) is 73.8 cm³/mol. The van der Waals surface area contributed by atoms with Gasteiger partial charge >= 0.3 is 6.03 Å². The molecule has 1 aromatic rings. The molecule has 0 saturated carbocycles. The van der Waals surface area contributed by atoms with E-state index < -0.39 is 5.54 Å². The molecular weight excluding hydrogens is 228 g/mol. The number of carbonyl (C=O) groups excluding carboxylic acids is 1. The molecule has 0 aromatic heterocycles. The number of anilines is 1. The Bertz CT molecular complexity index is 401. The zero-order chi connectivity index (χ0) is 13.6. The summed E-state index contributed by atoms with van der Waals surface area (Å²) >= 11 is 0. The van der Waals surface area contributed by atoms with Crippen LogP contribution < -0.4 is 10.6 Å². The second kappa shape index (κ2) is 6.40. The van der Waals surface area contributed by atoms with Gasteiger partial charge in [-0.15, -0.1) is 0 Å². The van der Waals surface area contributed by atoms with Crippen LogP contribution in [0.5, 0.6) is 0 Å². The summed E-state index contributed by atoms with van der Waals surface area (Å²) in [4.78, 5) is 11.8. The van der Waals surface area contributed by atoms with Crippen LogP contribution in [-0.2, 0) is 6.42 Å². The topological polar surface area (TPSA) is 61.4 Å². The molecular formula is C14H22N2O2. The van der Waals surface area contributed by atoms with Crippen molar-refractivity contribution in [2.45, 2.75) is 39.2 Å². The lowest BCUT2D eigenvalue weighted by Crippen LogP contribution is -2.50. The van der Waals surface area contributed by atoms with Gasteiger partial charge < -0.3 is 15.7 Å². The number of carbonyl (C=O) groups is 1. The van der Waals surface area contributed by atoms with Crippen LogP contribution in [0.25, 0.3) is 0 Å². The van der Waals surface area contributed by atoms with Gasteiger partial charge in [0.2, 0.25) is 0 Å². The molecule has 1 unspecified atom stereocenters. The summed E-state index contributed by atoms with van der Waals surface area (Å²) in [5, 5.41) is 14.8. The van der Waals surface area contributed by atoms with Crippen LogP contribution in [0.2, 0.25) is 0 Å². The van der Waals surface area contributed by atoms with Crippen LogP contribution in [0.1, 0.15) is 32.8 Å². The van der Waals surface area contributed by atoms with E-state index >= 15 is 0 Å². The first kappa shape index (κ1) is 14.5. The van der Waals surface area contributed by atoms with Gasteiger partial charge in [0, 0.05) is 5.69 Å². The Kier molecular flexibility index (Phi) is 5.16. The molecule has 100 valence electrons. The fourth-order valence-corrected chi connectivity index (χ4v) is 1.55. The Labute approximate surface area is 108 Å². The molecule has 3 N–H and O–H groups in total. The maximum Gasteiger partial charge on any atom is 0.319 e. The highest BCUT2D eigenvalue weighted by Gasteiger charge is 2.22. The molecule has 0 bridgehead atoms. The van der Waals surface area contributed by atoms with Crippen molar-refractivity contribution in [2.75, 3.05) is 11.9 Å². The van der Waals surface area contributed by atoms with E-state index in [0.29, 0.717) is 6.42 Å². The standard InChI is InChI=1S/C14H22N2O2/c1-4-11-7-6-8-12(9-11)15-13(18)16-14(3,5-2)10-17/h6-9,17H,4-5,10H2,1-3H3,(H2,15,16,18). The normalized spacial score (nSPS) is 13.8. The third-order valence-electron chi connectivity index (χ3n) is 3.14. The quantitative estimate of drug-likeness (QED) is 0.752. The molecule has 0 radical (unpaired) electrons. The highest BCUT2D eigenvalue weighted by atomic mass is 16.3. The van der Waals surface area contributed by atoms with Gasteiger partial charge in [-0.25, -0.2) is 4.79 Å². The Morgan fingerprint density at radius 1 is 1.39 bits per heavy atom. The molecule has 2 amide bonds. The number of rotatable bonds is 5. The number of nitrogens with one attached hydrogen (secondary N) is 2. The fraction of sp³-hybridized carbons (Fsp3) is 0.500. The summed E-state index contributed by atoms with van der Waals surface area (Å²) in [6.45, 7) is 5.73. The third kappa shape index (κ3) is 4.04. The van der Waals surface area contributed by atoms with Crippen molar-refractivity contribution in [3.8, 4) is 0 Å². The van der Waals surface area contributed by atoms with Crippen molar-refractivity contribution in [1.29, 1.82) is 0 Å². The summed E-state index contributed by atoms with van der Waals surface area (Å²) in [5.74, 6) is 0. The van der Waals surface area contributed by atoms with E-state index in [1.54, 1.807) is 0 Å². The zero-order valence-corrected chi connectivity index (χ0v) is 11.3. The highest BCUT2D eigenvalue weighted by molar-refractivity contribution is 5.89. The van der Waals surface area contributed by atoms with Crippen molar-refractivity contribution >= 4 is 11.7 Å². The van der Waals surface area contributed by atoms with E-state index in [0.717, 1.165) is 12.1 Å². The summed E-state index contributed by atoms with van der Waals surface area (Å²) in [6, 6.07) is 7.44. The number of benzene rings is 1. The van der Waals surface area contributed by atoms with Gasteiger partial charge in [0.1, 0.15) is 0 Å². The van der Waals surface area contributed by atoms with Crippen molar-refractivity contribution in [2.24, 2.45) is 0 Å². The lowest BCUT2D eigenvalue weighted by Gasteiger charge is -2.27. The number of amides is 2. The van der Waals surface area contributed by atoms with Crippen LogP contribution in [0.3, 0.4) is 0 Å². The summed E-state index contributed by atoms with van der Waals surface area (Å²) < 4.78 is 0. The molecule has 1 atom stereocenters. The Morgan fingerprint density at radius 3 is 2.67 bits per heavy atom. The molecule has 1 aromatic carbocycles. The Morgan fingerprint density at radius 2 is 2.11 bits per heavy atom. The minimum absolute atomic E-state index is 0.0775. The summed E-state index contributed by atoms with van der Waals surface area (Å²) in [7, 11) is 0. The lowest BCUT2D eigenvalue weighted by molar-refractivity contribution is 0.172. The van der Waals surface area contributed by atoms with E-state index in [2.05, 4.69) is 17.6 Å². The average molecular weight is 250 g/mol. The molecule has 0 aliphatic rings. The predicted octanol–water partition coefficient (Wildman–Crippen LogP) is 2.53. The molecule has 0 spiro atoms. The maximum atomic E-state index is 11.8. The molecule has 0 saturated heterocycles. The molecule has 0 heterocycles. The van der Waals surface area contributed by atoms with Gasteiger partial charge in [0.25, 0.3) is 0 Å². The van der Waals surface area contributed by atoms with Crippen molar-refractivity contribution in [3.63, 3.8) is 0 Å². The molecule has 4 nitrogen and oxygen atoms in total. The van der Waals surface area contributed by atoms with E-state index in [4.69, 9.17) is 0 Å².